The molecule has 0 aromatic carbocycles. The standard InChI is InChI=1S/C25H24N10O3/c1-26-23(37)21-18(9-19(31-32-21)29-22(36)14-4-5-14)28-25-30-20-7-6-16(13-35(20)33-25)17-11-34(12-17)24(38)15-3-2-8-27-10-15/h2-3,6-10,13-14,17H,4-5,11-12H2,1H3,(H,26,37)(H2,28,29,31,33,36). The number of amides is 3. The van der Waals surface area contributed by atoms with E-state index in [-0.39, 0.29) is 41.1 Å². The molecule has 192 valence electrons. The molecule has 4 aromatic heterocycles. The molecule has 1 aliphatic carbocycles. The van der Waals surface area contributed by atoms with E-state index in [1.807, 2.05) is 18.3 Å². The highest BCUT2D eigenvalue weighted by molar-refractivity contribution is 5.99. The van der Waals surface area contributed by atoms with Crippen LogP contribution in [0.25, 0.3) is 5.65 Å². The van der Waals surface area contributed by atoms with Crippen molar-refractivity contribution >= 4 is 40.8 Å². The maximum Gasteiger partial charge on any atom is 0.273 e. The largest absolute Gasteiger partial charge is 0.354 e. The van der Waals surface area contributed by atoms with Gasteiger partial charge in [0, 0.05) is 56.6 Å². The summed E-state index contributed by atoms with van der Waals surface area (Å²) in [5.74, 6) is 0.0721. The first-order valence-electron chi connectivity index (χ1n) is 12.2. The minimum absolute atomic E-state index is 0.00246. The van der Waals surface area contributed by atoms with Crippen LogP contribution < -0.4 is 16.0 Å². The second-order valence-electron chi connectivity index (χ2n) is 9.31. The predicted octanol–water partition coefficient (Wildman–Crippen LogP) is 1.61. The summed E-state index contributed by atoms with van der Waals surface area (Å²) in [6, 6.07) is 8.87. The van der Waals surface area contributed by atoms with Gasteiger partial charge in [0.05, 0.1) is 11.3 Å². The summed E-state index contributed by atoms with van der Waals surface area (Å²) in [6.07, 6.45) is 6.81. The average Bonchev–Trinajstić information content (AvgIpc) is 3.68. The number of rotatable bonds is 7. The number of carbonyl (C=O) groups excluding carboxylic acids is 3. The van der Waals surface area contributed by atoms with Gasteiger partial charge in [0.15, 0.2) is 17.2 Å². The number of hydrogen-bond donors (Lipinski definition) is 3. The van der Waals surface area contributed by atoms with Crippen molar-refractivity contribution < 1.29 is 14.4 Å². The molecule has 4 aromatic rings. The number of anilines is 3. The smallest absolute Gasteiger partial charge is 0.273 e. The lowest BCUT2D eigenvalue weighted by atomic mass is 9.92. The van der Waals surface area contributed by atoms with Crippen molar-refractivity contribution in [1.82, 2.24) is 40.0 Å². The summed E-state index contributed by atoms with van der Waals surface area (Å²) < 4.78 is 1.65. The van der Waals surface area contributed by atoms with Gasteiger partial charge in [0.25, 0.3) is 11.8 Å². The Morgan fingerprint density at radius 1 is 1.08 bits per heavy atom. The lowest BCUT2D eigenvalue weighted by Gasteiger charge is -2.39. The fourth-order valence-corrected chi connectivity index (χ4v) is 4.25. The fraction of sp³-hybridized carbons (Fsp3) is 0.280. The number of aromatic nitrogens is 6. The molecule has 0 spiro atoms. The van der Waals surface area contributed by atoms with Crippen molar-refractivity contribution in [3.8, 4) is 0 Å². The van der Waals surface area contributed by atoms with Crippen LogP contribution in [-0.4, -0.2) is 72.5 Å². The van der Waals surface area contributed by atoms with Crippen molar-refractivity contribution in [3.05, 3.63) is 65.7 Å². The molecule has 0 radical (unpaired) electrons. The Labute approximate surface area is 216 Å². The second-order valence-corrected chi connectivity index (χ2v) is 9.31. The minimum atomic E-state index is -0.443. The van der Waals surface area contributed by atoms with Gasteiger partial charge in [-0.2, -0.15) is 4.98 Å². The van der Waals surface area contributed by atoms with E-state index in [2.05, 4.69) is 41.2 Å². The first kappa shape index (κ1) is 23.5. The predicted molar refractivity (Wildman–Crippen MR) is 136 cm³/mol. The van der Waals surface area contributed by atoms with Crippen LogP contribution in [0.4, 0.5) is 17.5 Å². The molecule has 3 N–H and O–H groups in total. The van der Waals surface area contributed by atoms with E-state index in [0.717, 1.165) is 18.4 Å². The number of pyridine rings is 2. The van der Waals surface area contributed by atoms with E-state index >= 15 is 0 Å². The van der Waals surface area contributed by atoms with Crippen LogP contribution in [0.5, 0.6) is 0 Å². The van der Waals surface area contributed by atoms with Gasteiger partial charge in [-0.3, -0.25) is 19.4 Å². The van der Waals surface area contributed by atoms with E-state index in [1.165, 1.54) is 13.1 Å². The van der Waals surface area contributed by atoms with Gasteiger partial charge in [-0.15, -0.1) is 15.3 Å². The van der Waals surface area contributed by atoms with Gasteiger partial charge < -0.3 is 20.9 Å². The molecule has 0 atom stereocenters. The molecule has 1 aliphatic heterocycles. The Balaban J connectivity index is 1.18. The molecular weight excluding hydrogens is 488 g/mol. The Morgan fingerprint density at radius 3 is 2.66 bits per heavy atom. The first-order chi connectivity index (χ1) is 18.5. The topological polar surface area (TPSA) is 159 Å². The van der Waals surface area contributed by atoms with E-state index in [9.17, 15) is 14.4 Å². The lowest BCUT2D eigenvalue weighted by molar-refractivity contribution is -0.117. The number of nitrogens with zero attached hydrogens (tertiary/aromatic N) is 7. The zero-order valence-electron chi connectivity index (χ0n) is 20.5. The van der Waals surface area contributed by atoms with Crippen LogP contribution in [0.2, 0.25) is 0 Å². The quantitative estimate of drug-likeness (QED) is 0.334. The number of hydrogen-bond acceptors (Lipinski definition) is 9. The molecule has 1 saturated carbocycles. The molecule has 0 unspecified atom stereocenters. The van der Waals surface area contributed by atoms with Crippen molar-refractivity contribution in [2.24, 2.45) is 5.92 Å². The maximum absolute atomic E-state index is 12.6. The zero-order chi connectivity index (χ0) is 26.2. The fourth-order valence-electron chi connectivity index (χ4n) is 4.25. The van der Waals surface area contributed by atoms with Crippen molar-refractivity contribution in [3.63, 3.8) is 0 Å². The molecule has 6 rings (SSSR count). The molecular formula is C25H24N10O3. The summed E-state index contributed by atoms with van der Waals surface area (Å²) in [5, 5.41) is 20.8. The van der Waals surface area contributed by atoms with Crippen LogP contribution in [-0.2, 0) is 4.79 Å². The van der Waals surface area contributed by atoms with Crippen molar-refractivity contribution in [2.75, 3.05) is 30.8 Å². The molecule has 13 nitrogen and oxygen atoms in total. The summed E-state index contributed by atoms with van der Waals surface area (Å²) in [6.45, 7) is 1.21. The first-order valence-corrected chi connectivity index (χ1v) is 12.2. The average molecular weight is 513 g/mol. The van der Waals surface area contributed by atoms with E-state index in [0.29, 0.717) is 30.0 Å². The van der Waals surface area contributed by atoms with Crippen LogP contribution in [0, 0.1) is 5.92 Å². The molecule has 2 fully saturated rings. The zero-order valence-corrected chi connectivity index (χ0v) is 20.5. The number of carbonyl (C=O) groups is 3. The third-order valence-corrected chi connectivity index (χ3v) is 6.58. The highest BCUT2D eigenvalue weighted by Gasteiger charge is 2.33. The van der Waals surface area contributed by atoms with Gasteiger partial charge in [0.2, 0.25) is 11.9 Å². The van der Waals surface area contributed by atoms with Crippen LogP contribution in [0.3, 0.4) is 0 Å². The maximum atomic E-state index is 12.6. The SMILES string of the molecule is CNC(=O)c1nnc(NC(=O)C2CC2)cc1Nc1nc2ccc(C3CN(C(=O)c4cccnc4)C3)cn2n1. The van der Waals surface area contributed by atoms with Gasteiger partial charge in [-0.05, 0) is 36.6 Å². The highest BCUT2D eigenvalue weighted by atomic mass is 16.2. The molecule has 38 heavy (non-hydrogen) atoms. The molecule has 1 saturated heterocycles. The Morgan fingerprint density at radius 2 is 1.92 bits per heavy atom. The lowest BCUT2D eigenvalue weighted by Crippen LogP contribution is -2.48. The monoisotopic (exact) mass is 512 g/mol. The van der Waals surface area contributed by atoms with Crippen LogP contribution >= 0.6 is 0 Å². The second kappa shape index (κ2) is 9.50. The molecule has 0 bridgehead atoms. The highest BCUT2D eigenvalue weighted by Crippen LogP contribution is 2.31. The van der Waals surface area contributed by atoms with Gasteiger partial charge >= 0.3 is 0 Å². The van der Waals surface area contributed by atoms with Crippen molar-refractivity contribution in [1.29, 1.82) is 0 Å². The Bertz CT molecular complexity index is 1540. The third-order valence-electron chi connectivity index (χ3n) is 6.58. The molecule has 5 heterocycles. The summed E-state index contributed by atoms with van der Waals surface area (Å²) in [7, 11) is 1.49. The van der Waals surface area contributed by atoms with Gasteiger partial charge in [0.1, 0.15) is 0 Å². The van der Waals surface area contributed by atoms with E-state index < -0.39 is 5.91 Å². The van der Waals surface area contributed by atoms with Crippen LogP contribution in [0.1, 0.15) is 45.2 Å². The number of likely N-dealkylation sites (tertiary alicyclic amines) is 1. The summed E-state index contributed by atoms with van der Waals surface area (Å²) in [4.78, 5) is 47.4. The summed E-state index contributed by atoms with van der Waals surface area (Å²) in [5.41, 5.74) is 2.57. The van der Waals surface area contributed by atoms with Gasteiger partial charge in [-0.25, -0.2) is 4.52 Å². The molecule has 3 amide bonds. The van der Waals surface area contributed by atoms with Crippen molar-refractivity contribution in [2.45, 2.75) is 18.8 Å². The molecule has 13 heteroatoms. The van der Waals surface area contributed by atoms with Gasteiger partial charge in [-0.1, -0.05) is 6.07 Å². The van der Waals surface area contributed by atoms with E-state index in [4.69, 9.17) is 0 Å². The van der Waals surface area contributed by atoms with E-state index in [1.54, 1.807) is 33.9 Å². The number of nitrogens with one attached hydrogen (secondary N) is 3. The minimum Gasteiger partial charge on any atom is -0.354 e. The Hall–Kier alpha value is -4.94. The summed E-state index contributed by atoms with van der Waals surface area (Å²) >= 11 is 0. The normalized spacial score (nSPS) is 15.1. The number of fused-ring (bicyclic) bond motifs is 1. The Kier molecular flexibility index (Phi) is 5.86. The van der Waals surface area contributed by atoms with Crippen LogP contribution in [0.15, 0.2) is 48.9 Å². The third kappa shape index (κ3) is 4.61. The molecule has 2 aliphatic rings.